The van der Waals surface area contributed by atoms with Crippen molar-refractivity contribution in [2.75, 3.05) is 20.1 Å². The first-order valence-electron chi connectivity index (χ1n) is 7.08. The number of rotatable bonds is 4. The number of nitrogens with one attached hydrogen (secondary N) is 2. The Balaban J connectivity index is 0.00000289. The van der Waals surface area contributed by atoms with E-state index >= 15 is 0 Å². The Morgan fingerprint density at radius 1 is 1.22 bits per heavy atom. The summed E-state index contributed by atoms with van der Waals surface area (Å²) in [5.41, 5.74) is 0. The van der Waals surface area contributed by atoms with Gasteiger partial charge in [-0.15, -0.1) is 24.0 Å². The van der Waals surface area contributed by atoms with Gasteiger partial charge >= 0.3 is 0 Å². The number of guanidine groups is 1. The molecule has 108 valence electrons. The maximum absolute atomic E-state index is 4.26. The minimum Gasteiger partial charge on any atom is -0.356 e. The molecular formula is C14H30IN3. The van der Waals surface area contributed by atoms with Crippen molar-refractivity contribution in [3.63, 3.8) is 0 Å². The first-order chi connectivity index (χ1) is 8.13. The van der Waals surface area contributed by atoms with E-state index in [0.717, 1.165) is 30.9 Å². The molecule has 0 bridgehead atoms. The van der Waals surface area contributed by atoms with Gasteiger partial charge < -0.3 is 10.6 Å². The molecule has 1 fully saturated rings. The molecule has 1 saturated carbocycles. The lowest BCUT2D eigenvalue weighted by Crippen LogP contribution is -2.42. The quantitative estimate of drug-likeness (QED) is 0.455. The van der Waals surface area contributed by atoms with E-state index in [2.05, 4.69) is 36.4 Å². The maximum atomic E-state index is 4.26. The Labute approximate surface area is 130 Å². The average Bonchev–Trinajstić information content (AvgIpc) is 2.31. The topological polar surface area (TPSA) is 36.4 Å². The Bertz CT molecular complexity index is 241. The van der Waals surface area contributed by atoms with Crippen molar-refractivity contribution in [1.82, 2.24) is 10.6 Å². The number of nitrogens with zero attached hydrogens (tertiary/aromatic N) is 1. The lowest BCUT2D eigenvalue weighted by molar-refractivity contribution is 0.256. The average molecular weight is 367 g/mol. The summed E-state index contributed by atoms with van der Waals surface area (Å²) in [6, 6.07) is 0. The van der Waals surface area contributed by atoms with Crippen LogP contribution in [0.4, 0.5) is 0 Å². The molecule has 4 heteroatoms. The standard InChI is InChI=1S/C14H29N3.HI/c1-11(2)9-16-14(15-4)17-10-13-8-6-5-7-12(13)3;/h11-13H,5-10H2,1-4H3,(H2,15,16,17);1H. The van der Waals surface area contributed by atoms with Crippen molar-refractivity contribution < 1.29 is 0 Å². The minimum atomic E-state index is 0. The second kappa shape index (κ2) is 9.87. The predicted molar refractivity (Wildman–Crippen MR) is 90.7 cm³/mol. The van der Waals surface area contributed by atoms with Gasteiger partial charge in [0.25, 0.3) is 0 Å². The molecule has 0 heterocycles. The molecule has 0 aliphatic heterocycles. The number of hydrogen-bond donors (Lipinski definition) is 2. The molecule has 1 aliphatic carbocycles. The van der Waals surface area contributed by atoms with Crippen LogP contribution in [0.1, 0.15) is 46.5 Å². The van der Waals surface area contributed by atoms with Gasteiger partial charge in [-0.2, -0.15) is 0 Å². The van der Waals surface area contributed by atoms with Gasteiger partial charge in [0.2, 0.25) is 0 Å². The fourth-order valence-electron chi connectivity index (χ4n) is 2.45. The molecule has 2 unspecified atom stereocenters. The van der Waals surface area contributed by atoms with Crippen molar-refractivity contribution in [2.24, 2.45) is 22.7 Å². The van der Waals surface area contributed by atoms with E-state index in [9.17, 15) is 0 Å². The van der Waals surface area contributed by atoms with Gasteiger partial charge in [0.1, 0.15) is 0 Å². The third kappa shape index (κ3) is 6.81. The normalized spacial score (nSPS) is 24.6. The monoisotopic (exact) mass is 367 g/mol. The molecule has 0 spiro atoms. The lowest BCUT2D eigenvalue weighted by atomic mass is 9.80. The SMILES string of the molecule is CN=C(NCC(C)C)NCC1CCCCC1C.I. The highest BCUT2D eigenvalue weighted by Gasteiger charge is 2.21. The molecule has 0 aromatic heterocycles. The Morgan fingerprint density at radius 2 is 1.89 bits per heavy atom. The highest BCUT2D eigenvalue weighted by molar-refractivity contribution is 14.0. The van der Waals surface area contributed by atoms with Gasteiger partial charge in [-0.1, -0.05) is 40.0 Å². The zero-order valence-corrected chi connectivity index (χ0v) is 14.7. The van der Waals surface area contributed by atoms with E-state index in [1.54, 1.807) is 0 Å². The largest absolute Gasteiger partial charge is 0.356 e. The molecule has 2 atom stereocenters. The van der Waals surface area contributed by atoms with Gasteiger partial charge in [-0.25, -0.2) is 0 Å². The van der Waals surface area contributed by atoms with Crippen LogP contribution in [0.2, 0.25) is 0 Å². The zero-order chi connectivity index (χ0) is 12.7. The van der Waals surface area contributed by atoms with Gasteiger partial charge in [0.05, 0.1) is 0 Å². The lowest BCUT2D eigenvalue weighted by Gasteiger charge is -2.29. The van der Waals surface area contributed by atoms with Crippen molar-refractivity contribution >= 4 is 29.9 Å². The minimum absolute atomic E-state index is 0. The summed E-state index contributed by atoms with van der Waals surface area (Å²) in [5, 5.41) is 6.83. The van der Waals surface area contributed by atoms with Crippen LogP contribution in [0.15, 0.2) is 4.99 Å². The van der Waals surface area contributed by atoms with E-state index in [0.29, 0.717) is 5.92 Å². The molecular weight excluding hydrogens is 337 g/mol. The van der Waals surface area contributed by atoms with E-state index < -0.39 is 0 Å². The van der Waals surface area contributed by atoms with Crippen LogP contribution in [-0.4, -0.2) is 26.1 Å². The fraction of sp³-hybridized carbons (Fsp3) is 0.929. The molecule has 1 aliphatic rings. The van der Waals surface area contributed by atoms with Crippen molar-refractivity contribution in [2.45, 2.75) is 46.5 Å². The molecule has 1 rings (SSSR count). The molecule has 0 amide bonds. The Hall–Kier alpha value is 0. The van der Waals surface area contributed by atoms with Crippen molar-refractivity contribution in [3.8, 4) is 0 Å². The summed E-state index contributed by atoms with van der Waals surface area (Å²) in [4.78, 5) is 4.26. The van der Waals surface area contributed by atoms with Crippen LogP contribution in [-0.2, 0) is 0 Å². The highest BCUT2D eigenvalue weighted by Crippen LogP contribution is 2.28. The summed E-state index contributed by atoms with van der Waals surface area (Å²) in [7, 11) is 1.85. The predicted octanol–water partition coefficient (Wildman–Crippen LogP) is 3.25. The summed E-state index contributed by atoms with van der Waals surface area (Å²) >= 11 is 0. The number of hydrogen-bond acceptors (Lipinski definition) is 1. The van der Waals surface area contributed by atoms with Crippen LogP contribution >= 0.6 is 24.0 Å². The zero-order valence-electron chi connectivity index (χ0n) is 12.3. The second-order valence-electron chi connectivity index (χ2n) is 5.75. The fourth-order valence-corrected chi connectivity index (χ4v) is 2.45. The summed E-state index contributed by atoms with van der Waals surface area (Å²) in [6.07, 6.45) is 5.58. The van der Waals surface area contributed by atoms with Crippen LogP contribution in [0.5, 0.6) is 0 Å². The Morgan fingerprint density at radius 3 is 2.44 bits per heavy atom. The van der Waals surface area contributed by atoms with E-state index in [4.69, 9.17) is 0 Å². The molecule has 2 N–H and O–H groups in total. The first-order valence-corrected chi connectivity index (χ1v) is 7.08. The van der Waals surface area contributed by atoms with Crippen molar-refractivity contribution in [3.05, 3.63) is 0 Å². The van der Waals surface area contributed by atoms with E-state index in [1.165, 1.54) is 25.7 Å². The smallest absolute Gasteiger partial charge is 0.190 e. The van der Waals surface area contributed by atoms with Gasteiger partial charge in [-0.3, -0.25) is 4.99 Å². The molecule has 3 nitrogen and oxygen atoms in total. The van der Waals surface area contributed by atoms with Crippen LogP contribution < -0.4 is 10.6 Å². The molecule has 18 heavy (non-hydrogen) atoms. The van der Waals surface area contributed by atoms with Crippen LogP contribution in [0, 0.1) is 17.8 Å². The third-order valence-electron chi connectivity index (χ3n) is 3.72. The van der Waals surface area contributed by atoms with E-state index in [1.807, 2.05) is 7.05 Å². The van der Waals surface area contributed by atoms with Gasteiger partial charge in [0, 0.05) is 20.1 Å². The van der Waals surface area contributed by atoms with Gasteiger partial charge in [-0.05, 0) is 24.2 Å². The number of halogens is 1. The Kier molecular flexibility index (Phi) is 9.87. The molecule has 0 radical (unpaired) electrons. The van der Waals surface area contributed by atoms with Crippen molar-refractivity contribution in [1.29, 1.82) is 0 Å². The second-order valence-corrected chi connectivity index (χ2v) is 5.75. The molecule has 0 aromatic rings. The summed E-state index contributed by atoms with van der Waals surface area (Å²) < 4.78 is 0. The van der Waals surface area contributed by atoms with Crippen LogP contribution in [0.25, 0.3) is 0 Å². The first kappa shape index (κ1) is 18.0. The van der Waals surface area contributed by atoms with Crippen LogP contribution in [0.3, 0.4) is 0 Å². The third-order valence-corrected chi connectivity index (χ3v) is 3.72. The number of aliphatic imine (C=N–C) groups is 1. The maximum Gasteiger partial charge on any atom is 0.190 e. The highest BCUT2D eigenvalue weighted by atomic mass is 127. The van der Waals surface area contributed by atoms with E-state index in [-0.39, 0.29) is 24.0 Å². The van der Waals surface area contributed by atoms with Gasteiger partial charge in [0.15, 0.2) is 5.96 Å². The summed E-state index contributed by atoms with van der Waals surface area (Å²) in [5.74, 6) is 3.29. The summed E-state index contributed by atoms with van der Waals surface area (Å²) in [6.45, 7) is 8.86. The molecule has 0 aromatic carbocycles. The molecule has 0 saturated heterocycles.